The minimum Gasteiger partial charge on any atom is -0.308 e. The number of rotatable bonds is 3. The van der Waals surface area contributed by atoms with Crippen molar-refractivity contribution < 1.29 is 0 Å². The Balaban J connectivity index is 2.93. The quantitative estimate of drug-likeness (QED) is 0.703. The zero-order chi connectivity index (χ0) is 9.68. The van der Waals surface area contributed by atoms with Crippen LogP contribution in [0, 0.1) is 11.3 Å². The molecule has 1 aromatic rings. The predicted molar refractivity (Wildman–Crippen MR) is 56.0 cm³/mol. The lowest BCUT2D eigenvalue weighted by atomic mass is 10.1. The first-order chi connectivity index (χ1) is 6.24. The van der Waals surface area contributed by atoms with E-state index < -0.39 is 0 Å². The summed E-state index contributed by atoms with van der Waals surface area (Å²) in [6, 6.07) is 1.84. The van der Waals surface area contributed by atoms with Gasteiger partial charge in [0, 0.05) is 29.7 Å². The molecule has 68 valence electrons. The molecular formula is C11H14N2. The van der Waals surface area contributed by atoms with E-state index >= 15 is 0 Å². The fraction of sp³-hybridized carbons (Fsp3) is 0.273. The van der Waals surface area contributed by atoms with Gasteiger partial charge in [0.1, 0.15) is 0 Å². The number of aromatic nitrogens is 1. The fourth-order valence-electron chi connectivity index (χ4n) is 0.984. The third-order valence-corrected chi connectivity index (χ3v) is 1.70. The van der Waals surface area contributed by atoms with Crippen molar-refractivity contribution in [3.05, 3.63) is 35.7 Å². The zero-order valence-electron chi connectivity index (χ0n) is 7.99. The lowest BCUT2D eigenvalue weighted by Gasteiger charge is -1.98. The van der Waals surface area contributed by atoms with Gasteiger partial charge in [-0.05, 0) is 12.0 Å². The van der Waals surface area contributed by atoms with Crippen LogP contribution in [0.4, 0.5) is 0 Å². The Morgan fingerprint density at radius 3 is 2.77 bits per heavy atom. The zero-order valence-corrected chi connectivity index (χ0v) is 7.99. The van der Waals surface area contributed by atoms with Crippen LogP contribution in [0.15, 0.2) is 24.5 Å². The molecule has 1 heterocycles. The number of hydrogen-bond acceptors (Lipinski definition) is 2. The van der Waals surface area contributed by atoms with E-state index in [1.165, 1.54) is 6.21 Å². The molecule has 0 amide bonds. The van der Waals surface area contributed by atoms with E-state index in [4.69, 9.17) is 5.41 Å². The van der Waals surface area contributed by atoms with Crippen molar-refractivity contribution in [1.82, 2.24) is 4.98 Å². The van der Waals surface area contributed by atoms with Crippen molar-refractivity contribution >= 4 is 12.3 Å². The summed E-state index contributed by atoms with van der Waals surface area (Å²) in [7, 11) is 0. The van der Waals surface area contributed by atoms with E-state index in [2.05, 4.69) is 24.9 Å². The Morgan fingerprint density at radius 2 is 2.15 bits per heavy atom. The Morgan fingerprint density at radius 1 is 1.38 bits per heavy atom. The van der Waals surface area contributed by atoms with Gasteiger partial charge in [-0.3, -0.25) is 4.98 Å². The third-order valence-electron chi connectivity index (χ3n) is 1.70. The van der Waals surface area contributed by atoms with Crippen molar-refractivity contribution in [2.45, 2.75) is 13.8 Å². The number of nitrogens with zero attached hydrogens (tertiary/aromatic N) is 1. The van der Waals surface area contributed by atoms with E-state index in [0.717, 1.165) is 11.1 Å². The molecule has 1 rings (SSSR count). The molecule has 0 aromatic carbocycles. The van der Waals surface area contributed by atoms with Crippen LogP contribution < -0.4 is 0 Å². The SMILES string of the molecule is CC(C)/C=C\c1cnccc1C=N. The van der Waals surface area contributed by atoms with E-state index in [9.17, 15) is 0 Å². The summed E-state index contributed by atoms with van der Waals surface area (Å²) >= 11 is 0. The molecule has 2 heteroatoms. The molecule has 0 atom stereocenters. The molecule has 0 saturated heterocycles. The highest BCUT2D eigenvalue weighted by molar-refractivity contribution is 5.82. The summed E-state index contributed by atoms with van der Waals surface area (Å²) < 4.78 is 0. The van der Waals surface area contributed by atoms with E-state index in [-0.39, 0.29) is 0 Å². The molecule has 0 spiro atoms. The summed E-state index contributed by atoms with van der Waals surface area (Å²) in [6.07, 6.45) is 8.94. The molecule has 0 saturated carbocycles. The molecular weight excluding hydrogens is 160 g/mol. The number of nitrogens with one attached hydrogen (secondary N) is 1. The van der Waals surface area contributed by atoms with Gasteiger partial charge in [-0.2, -0.15) is 0 Å². The first-order valence-electron chi connectivity index (χ1n) is 4.36. The summed E-state index contributed by atoms with van der Waals surface area (Å²) in [4.78, 5) is 4.02. The molecule has 1 N–H and O–H groups in total. The Bertz CT molecular complexity index is 314. The number of pyridine rings is 1. The van der Waals surface area contributed by atoms with E-state index in [1.54, 1.807) is 12.4 Å². The molecule has 2 nitrogen and oxygen atoms in total. The van der Waals surface area contributed by atoms with Crippen LogP contribution in [0.3, 0.4) is 0 Å². The van der Waals surface area contributed by atoms with Gasteiger partial charge in [-0.15, -0.1) is 0 Å². The van der Waals surface area contributed by atoms with Crippen LogP contribution in [-0.4, -0.2) is 11.2 Å². The fourth-order valence-corrected chi connectivity index (χ4v) is 0.984. The van der Waals surface area contributed by atoms with Crippen LogP contribution >= 0.6 is 0 Å². The molecule has 0 aliphatic rings. The summed E-state index contributed by atoms with van der Waals surface area (Å²) in [6.45, 7) is 4.24. The molecule has 1 aromatic heterocycles. The van der Waals surface area contributed by atoms with Crippen molar-refractivity contribution in [2.75, 3.05) is 0 Å². The van der Waals surface area contributed by atoms with Gasteiger partial charge >= 0.3 is 0 Å². The molecule has 0 fully saturated rings. The predicted octanol–water partition coefficient (Wildman–Crippen LogP) is 2.75. The highest BCUT2D eigenvalue weighted by atomic mass is 14.6. The van der Waals surface area contributed by atoms with Crippen molar-refractivity contribution in [1.29, 1.82) is 5.41 Å². The smallest absolute Gasteiger partial charge is 0.0346 e. The van der Waals surface area contributed by atoms with Gasteiger partial charge in [0.05, 0.1) is 0 Å². The van der Waals surface area contributed by atoms with Crippen molar-refractivity contribution in [3.63, 3.8) is 0 Å². The monoisotopic (exact) mass is 174 g/mol. The maximum atomic E-state index is 7.18. The third kappa shape index (κ3) is 2.82. The average molecular weight is 174 g/mol. The molecule has 0 bridgehead atoms. The second-order valence-corrected chi connectivity index (χ2v) is 3.25. The van der Waals surface area contributed by atoms with Crippen molar-refractivity contribution in [2.24, 2.45) is 5.92 Å². The Kier molecular flexibility index (Phi) is 3.38. The van der Waals surface area contributed by atoms with Gasteiger partial charge in [0.2, 0.25) is 0 Å². The van der Waals surface area contributed by atoms with Crippen LogP contribution in [0.25, 0.3) is 6.08 Å². The molecule has 0 aliphatic heterocycles. The minimum absolute atomic E-state index is 0.527. The molecule has 0 radical (unpaired) electrons. The normalized spacial score (nSPS) is 11.0. The van der Waals surface area contributed by atoms with Gasteiger partial charge in [0.15, 0.2) is 0 Å². The van der Waals surface area contributed by atoms with Gasteiger partial charge in [0.25, 0.3) is 0 Å². The van der Waals surface area contributed by atoms with Crippen molar-refractivity contribution in [3.8, 4) is 0 Å². The summed E-state index contributed by atoms with van der Waals surface area (Å²) in [5, 5.41) is 7.18. The first-order valence-corrected chi connectivity index (χ1v) is 4.36. The highest BCUT2D eigenvalue weighted by Crippen LogP contribution is 2.08. The topological polar surface area (TPSA) is 36.7 Å². The second kappa shape index (κ2) is 4.55. The average Bonchev–Trinajstić information content (AvgIpc) is 2.15. The summed E-state index contributed by atoms with van der Waals surface area (Å²) in [5.41, 5.74) is 1.91. The van der Waals surface area contributed by atoms with Gasteiger partial charge in [-0.1, -0.05) is 26.0 Å². The van der Waals surface area contributed by atoms with Crippen LogP contribution in [-0.2, 0) is 0 Å². The van der Waals surface area contributed by atoms with E-state index in [1.807, 2.05) is 12.1 Å². The molecule has 13 heavy (non-hydrogen) atoms. The van der Waals surface area contributed by atoms with Gasteiger partial charge < -0.3 is 5.41 Å². The second-order valence-electron chi connectivity index (χ2n) is 3.25. The molecule has 0 aliphatic carbocycles. The maximum Gasteiger partial charge on any atom is 0.0346 e. The van der Waals surface area contributed by atoms with E-state index in [0.29, 0.717) is 5.92 Å². The summed E-state index contributed by atoms with van der Waals surface area (Å²) in [5.74, 6) is 0.527. The standard InChI is InChI=1S/C11H14N2/c1-9(2)3-4-11-8-13-6-5-10(11)7-12/h3-9,12H,1-2H3/b4-3-,12-7?. The van der Waals surface area contributed by atoms with Crippen LogP contribution in [0.2, 0.25) is 0 Å². The maximum absolute atomic E-state index is 7.18. The van der Waals surface area contributed by atoms with Gasteiger partial charge in [-0.25, -0.2) is 0 Å². The number of hydrogen-bond donors (Lipinski definition) is 1. The van der Waals surface area contributed by atoms with Crippen LogP contribution in [0.1, 0.15) is 25.0 Å². The minimum atomic E-state index is 0.527. The Hall–Kier alpha value is -1.44. The lowest BCUT2D eigenvalue weighted by Crippen LogP contribution is -1.87. The molecule has 0 unspecified atom stereocenters. The number of allylic oxidation sites excluding steroid dienone is 1. The van der Waals surface area contributed by atoms with Crippen LogP contribution in [0.5, 0.6) is 0 Å². The highest BCUT2D eigenvalue weighted by Gasteiger charge is 1.94. The lowest BCUT2D eigenvalue weighted by molar-refractivity contribution is 0.836. The Labute approximate surface area is 78.8 Å². The first kappa shape index (κ1) is 9.65. The largest absolute Gasteiger partial charge is 0.308 e.